The van der Waals surface area contributed by atoms with Crippen molar-refractivity contribution < 1.29 is 18.3 Å². The Kier molecular flexibility index (Phi) is 11.4. The van der Waals surface area contributed by atoms with Crippen LogP contribution in [0.15, 0.2) is 23.8 Å². The fourth-order valence-corrected chi connectivity index (χ4v) is 13.7. The molecule has 0 amide bonds. The minimum absolute atomic E-state index is 0.133. The van der Waals surface area contributed by atoms with Gasteiger partial charge in [-0.05, 0) is 144 Å². The van der Waals surface area contributed by atoms with Crippen molar-refractivity contribution in [3.05, 3.63) is 23.8 Å². The molecule has 280 valence electrons. The number of rotatable bonds is 10. The average molecular weight is 701 g/mol. The Labute approximate surface area is 300 Å². The van der Waals surface area contributed by atoms with Crippen molar-refractivity contribution in [2.24, 2.45) is 51.2 Å². The molecule has 5 aliphatic rings. The summed E-state index contributed by atoms with van der Waals surface area (Å²) in [4.78, 5) is 14.1. The molecule has 1 saturated heterocycles. The first-order valence-electron chi connectivity index (χ1n) is 20.0. The van der Waals surface area contributed by atoms with Crippen LogP contribution in [0.2, 0.25) is 0 Å². The molecule has 4 aliphatic carbocycles. The summed E-state index contributed by atoms with van der Waals surface area (Å²) in [6, 6.07) is 0. The van der Waals surface area contributed by atoms with E-state index in [2.05, 4.69) is 64.4 Å². The number of hydrogen-bond donors (Lipinski definition) is 2. The highest BCUT2D eigenvalue weighted by molar-refractivity contribution is 7.91. The third-order valence-corrected chi connectivity index (χ3v) is 17.5. The van der Waals surface area contributed by atoms with E-state index in [1.54, 1.807) is 5.57 Å². The molecule has 0 radical (unpaired) electrons. The summed E-state index contributed by atoms with van der Waals surface area (Å²) >= 11 is 0. The first kappa shape index (κ1) is 39.0. The minimum atomic E-state index is -2.86. The van der Waals surface area contributed by atoms with E-state index in [1.807, 2.05) is 13.8 Å². The fourth-order valence-electron chi connectivity index (χ4n) is 12.4. The van der Waals surface area contributed by atoms with Crippen LogP contribution in [-0.4, -0.2) is 67.6 Å². The quantitative estimate of drug-likeness (QED) is 0.222. The predicted molar refractivity (Wildman–Crippen MR) is 203 cm³/mol. The van der Waals surface area contributed by atoms with Crippen molar-refractivity contribution >= 4 is 15.8 Å². The molecule has 2 N–H and O–H groups in total. The monoisotopic (exact) mass is 701 g/mol. The molecule has 0 bridgehead atoms. The van der Waals surface area contributed by atoms with Gasteiger partial charge >= 0.3 is 5.97 Å². The zero-order chi connectivity index (χ0) is 36.0. The number of nitrogens with one attached hydrogen (secondary N) is 1. The van der Waals surface area contributed by atoms with Gasteiger partial charge in [-0.2, -0.15) is 0 Å². The summed E-state index contributed by atoms with van der Waals surface area (Å²) < 4.78 is 24.0. The fraction of sp³-hybridized carbons (Fsp3) is 0.881. The lowest BCUT2D eigenvalue weighted by Crippen LogP contribution is -2.57. The maximum atomic E-state index is 12.0. The van der Waals surface area contributed by atoms with E-state index >= 15 is 0 Å². The first-order valence-corrected chi connectivity index (χ1v) is 21.9. The molecule has 1 aliphatic heterocycles. The Balaban J connectivity index is 1.34. The molecule has 49 heavy (non-hydrogen) atoms. The SMILES string of the molecule is C=C(C)C1CCC2(NCCN3CCS(=O)(=O)CC3)CCC(C)C3(C)CCC4C(C)(C)C(CCCC(C)(C)C(=O)O)=CCC4(C)C3CCCC12. The zero-order valence-corrected chi connectivity index (χ0v) is 33.5. The van der Waals surface area contributed by atoms with E-state index in [1.165, 1.54) is 63.4 Å². The average Bonchev–Trinajstić information content (AvgIpc) is 3.37. The van der Waals surface area contributed by atoms with Crippen LogP contribution < -0.4 is 5.32 Å². The zero-order valence-electron chi connectivity index (χ0n) is 32.6. The lowest BCUT2D eigenvalue weighted by molar-refractivity contribution is -0.147. The van der Waals surface area contributed by atoms with Gasteiger partial charge in [0.2, 0.25) is 0 Å². The summed E-state index contributed by atoms with van der Waals surface area (Å²) in [7, 11) is -2.86. The third-order valence-electron chi connectivity index (χ3n) is 15.9. The van der Waals surface area contributed by atoms with Crippen molar-refractivity contribution in [3.63, 3.8) is 0 Å². The van der Waals surface area contributed by atoms with Crippen LogP contribution in [0.25, 0.3) is 0 Å². The van der Waals surface area contributed by atoms with Crippen molar-refractivity contribution in [3.8, 4) is 0 Å². The summed E-state index contributed by atoms with van der Waals surface area (Å²) in [6.45, 7) is 26.6. The highest BCUT2D eigenvalue weighted by Crippen LogP contribution is 2.68. The molecule has 6 nitrogen and oxygen atoms in total. The minimum Gasteiger partial charge on any atom is -0.481 e. The first-order chi connectivity index (χ1) is 22.8. The number of nitrogens with zero attached hydrogens (tertiary/aromatic N) is 1. The van der Waals surface area contributed by atoms with Gasteiger partial charge in [-0.1, -0.05) is 64.8 Å². The Bertz CT molecular complexity index is 1350. The Morgan fingerprint density at radius 1 is 1.00 bits per heavy atom. The van der Waals surface area contributed by atoms with E-state index in [0.29, 0.717) is 59.6 Å². The number of carboxylic acids is 1. The van der Waals surface area contributed by atoms with Crippen LogP contribution in [-0.2, 0) is 14.6 Å². The van der Waals surface area contributed by atoms with Crippen molar-refractivity contribution in [1.29, 1.82) is 0 Å². The van der Waals surface area contributed by atoms with Crippen LogP contribution >= 0.6 is 0 Å². The van der Waals surface area contributed by atoms with Gasteiger partial charge in [0, 0.05) is 31.7 Å². The standard InChI is InChI=1S/C42H72N2O4S/c1-30(2)33-17-23-42(43-24-25-44-26-28-49(47,48)29-27-44)22-15-31(3)40(8)21-18-35-39(6,7)32(12-11-19-38(4,5)37(45)46)16-20-41(35,9)36(40)14-10-13-34(33)42/h16,31,33-36,43H,1,10-15,17-29H2,2-9H3,(H,45,46). The lowest BCUT2D eigenvalue weighted by Gasteiger charge is -2.64. The van der Waals surface area contributed by atoms with Crippen molar-refractivity contribution in [1.82, 2.24) is 10.2 Å². The molecule has 0 spiro atoms. The lowest BCUT2D eigenvalue weighted by atomic mass is 9.41. The number of sulfone groups is 1. The maximum Gasteiger partial charge on any atom is 0.309 e. The second kappa shape index (κ2) is 14.3. The largest absolute Gasteiger partial charge is 0.481 e. The van der Waals surface area contributed by atoms with Gasteiger partial charge in [0.15, 0.2) is 9.84 Å². The highest BCUT2D eigenvalue weighted by Gasteiger charge is 2.60. The third kappa shape index (κ3) is 7.66. The van der Waals surface area contributed by atoms with Gasteiger partial charge in [0.1, 0.15) is 0 Å². The normalized spacial score (nSPS) is 39.6. The molecule has 0 aromatic rings. The van der Waals surface area contributed by atoms with Gasteiger partial charge in [-0.3, -0.25) is 4.79 Å². The predicted octanol–water partition coefficient (Wildman–Crippen LogP) is 8.92. The van der Waals surface area contributed by atoms with Crippen molar-refractivity contribution in [2.75, 3.05) is 37.7 Å². The summed E-state index contributed by atoms with van der Waals surface area (Å²) in [5, 5.41) is 13.9. The van der Waals surface area contributed by atoms with Crippen LogP contribution in [0.3, 0.4) is 0 Å². The van der Waals surface area contributed by atoms with Crippen molar-refractivity contribution in [2.45, 2.75) is 144 Å². The number of allylic oxidation sites excluding steroid dienone is 3. The topological polar surface area (TPSA) is 86.7 Å². The molecular weight excluding hydrogens is 629 g/mol. The highest BCUT2D eigenvalue weighted by atomic mass is 32.2. The molecule has 8 atom stereocenters. The number of hydrogen-bond acceptors (Lipinski definition) is 5. The van der Waals surface area contributed by atoms with Gasteiger partial charge in [0.05, 0.1) is 16.9 Å². The molecule has 1 heterocycles. The van der Waals surface area contributed by atoms with Gasteiger partial charge in [-0.15, -0.1) is 0 Å². The molecule has 3 saturated carbocycles. The molecule has 0 aromatic carbocycles. The van der Waals surface area contributed by atoms with Crippen LogP contribution in [0.1, 0.15) is 139 Å². The molecule has 0 aromatic heterocycles. The Hall–Kier alpha value is -1.18. The summed E-state index contributed by atoms with van der Waals surface area (Å²) in [5.41, 5.74) is 3.13. The molecule has 4 fully saturated rings. The van der Waals surface area contributed by atoms with Gasteiger partial charge < -0.3 is 15.3 Å². The van der Waals surface area contributed by atoms with E-state index in [-0.39, 0.29) is 16.4 Å². The molecule has 8 unspecified atom stereocenters. The summed E-state index contributed by atoms with van der Waals surface area (Å²) in [6.07, 6.45) is 17.8. The second-order valence-electron chi connectivity index (χ2n) is 19.4. The second-order valence-corrected chi connectivity index (χ2v) is 21.7. The van der Waals surface area contributed by atoms with E-state index in [4.69, 9.17) is 0 Å². The van der Waals surface area contributed by atoms with Gasteiger partial charge in [-0.25, -0.2) is 8.42 Å². The Morgan fingerprint density at radius 3 is 2.33 bits per heavy atom. The van der Waals surface area contributed by atoms with E-state index < -0.39 is 21.2 Å². The molecular formula is C42H72N2O4S. The maximum absolute atomic E-state index is 12.0. The van der Waals surface area contributed by atoms with Crippen LogP contribution in [0.5, 0.6) is 0 Å². The van der Waals surface area contributed by atoms with Crippen LogP contribution in [0.4, 0.5) is 0 Å². The van der Waals surface area contributed by atoms with Crippen LogP contribution in [0, 0.1) is 51.2 Å². The number of fused-ring (bicyclic) bond motifs is 4. The summed E-state index contributed by atoms with van der Waals surface area (Å²) in [5.74, 6) is 3.09. The smallest absolute Gasteiger partial charge is 0.309 e. The van der Waals surface area contributed by atoms with E-state index in [0.717, 1.165) is 38.8 Å². The number of carbonyl (C=O) groups is 1. The molecule has 5 rings (SSSR count). The number of aliphatic carboxylic acids is 1. The van der Waals surface area contributed by atoms with E-state index in [9.17, 15) is 18.3 Å². The molecule has 7 heteroatoms. The number of carboxylic acid groups (broad SMARTS) is 1. The Morgan fingerprint density at radius 2 is 1.67 bits per heavy atom. The van der Waals surface area contributed by atoms with Gasteiger partial charge in [0.25, 0.3) is 0 Å².